The van der Waals surface area contributed by atoms with Crippen LogP contribution in [0.3, 0.4) is 0 Å². The summed E-state index contributed by atoms with van der Waals surface area (Å²) < 4.78 is 25.6. The number of rotatable bonds is 3. The number of carboxylic acid groups (broad SMARTS) is 1. The second kappa shape index (κ2) is 4.39. The molecule has 18 heavy (non-hydrogen) atoms. The maximum absolute atomic E-state index is 11.6. The number of carboxylic acids is 1. The number of benzene rings is 1. The van der Waals surface area contributed by atoms with Crippen LogP contribution in [0, 0.1) is 0 Å². The van der Waals surface area contributed by atoms with Crippen LogP contribution in [-0.4, -0.2) is 36.3 Å². The molecule has 0 spiro atoms. The van der Waals surface area contributed by atoms with Gasteiger partial charge in [0.15, 0.2) is 0 Å². The maximum Gasteiger partial charge on any atom is 0.326 e. The summed E-state index contributed by atoms with van der Waals surface area (Å²) in [6.07, 6.45) is 0. The predicted octanol–water partition coefficient (Wildman–Crippen LogP) is -0.511. The number of nitrogens with zero attached hydrogens (tertiary/aromatic N) is 1. The molecule has 0 bridgehead atoms. The SMILES string of the molecule is O=C1CN(C(C(=O)O)c2ccccc2)S(=O)(=O)N1. The van der Waals surface area contributed by atoms with Gasteiger partial charge in [-0.1, -0.05) is 30.3 Å². The van der Waals surface area contributed by atoms with Gasteiger partial charge in [0.1, 0.15) is 6.04 Å². The average molecular weight is 270 g/mol. The first-order valence-electron chi connectivity index (χ1n) is 5.02. The fraction of sp³-hybridized carbons (Fsp3) is 0.200. The monoisotopic (exact) mass is 270 g/mol. The molecule has 96 valence electrons. The molecule has 1 aromatic carbocycles. The van der Waals surface area contributed by atoms with Crippen LogP contribution < -0.4 is 4.72 Å². The summed E-state index contributed by atoms with van der Waals surface area (Å²) in [6.45, 7) is -0.492. The van der Waals surface area contributed by atoms with Crippen LogP contribution in [-0.2, 0) is 19.8 Å². The van der Waals surface area contributed by atoms with Crippen molar-refractivity contribution >= 4 is 22.1 Å². The summed E-state index contributed by atoms with van der Waals surface area (Å²) >= 11 is 0. The zero-order chi connectivity index (χ0) is 13.3. The van der Waals surface area contributed by atoms with Crippen molar-refractivity contribution in [3.63, 3.8) is 0 Å². The molecule has 8 heteroatoms. The zero-order valence-electron chi connectivity index (χ0n) is 9.11. The lowest BCUT2D eigenvalue weighted by molar-refractivity contribution is -0.141. The molecule has 7 nitrogen and oxygen atoms in total. The lowest BCUT2D eigenvalue weighted by atomic mass is 10.1. The Bertz CT molecular complexity index is 584. The van der Waals surface area contributed by atoms with Crippen LogP contribution in [0.25, 0.3) is 0 Å². The van der Waals surface area contributed by atoms with E-state index < -0.39 is 34.7 Å². The molecular formula is C10H10N2O5S. The topological polar surface area (TPSA) is 104 Å². The van der Waals surface area contributed by atoms with E-state index in [9.17, 15) is 18.0 Å². The van der Waals surface area contributed by atoms with E-state index in [2.05, 4.69) is 0 Å². The molecule has 0 radical (unpaired) electrons. The van der Waals surface area contributed by atoms with Gasteiger partial charge in [0.2, 0.25) is 5.91 Å². The minimum absolute atomic E-state index is 0.296. The molecular weight excluding hydrogens is 260 g/mol. The van der Waals surface area contributed by atoms with E-state index in [1.54, 1.807) is 22.9 Å². The van der Waals surface area contributed by atoms with Crippen LogP contribution >= 0.6 is 0 Å². The molecule has 0 aliphatic carbocycles. The largest absolute Gasteiger partial charge is 0.480 e. The van der Waals surface area contributed by atoms with E-state index in [1.807, 2.05) is 0 Å². The third kappa shape index (κ3) is 2.20. The first kappa shape index (κ1) is 12.5. The summed E-state index contributed by atoms with van der Waals surface area (Å²) in [7, 11) is -4.08. The van der Waals surface area contributed by atoms with Gasteiger partial charge in [-0.3, -0.25) is 9.59 Å². The molecule has 1 atom stereocenters. The number of hydrogen-bond acceptors (Lipinski definition) is 4. The zero-order valence-corrected chi connectivity index (χ0v) is 9.92. The van der Waals surface area contributed by atoms with Crippen LogP contribution in [0.15, 0.2) is 30.3 Å². The Balaban J connectivity index is 2.45. The Hall–Kier alpha value is -1.93. The molecule has 1 aliphatic heterocycles. The van der Waals surface area contributed by atoms with Crippen molar-refractivity contribution in [1.29, 1.82) is 0 Å². The Morgan fingerprint density at radius 2 is 1.94 bits per heavy atom. The molecule has 1 aliphatic rings. The summed E-state index contributed by atoms with van der Waals surface area (Å²) in [5.74, 6) is -2.07. The van der Waals surface area contributed by atoms with Crippen LogP contribution in [0.4, 0.5) is 0 Å². The molecule has 1 aromatic rings. The summed E-state index contributed by atoms with van der Waals surface area (Å²) in [5, 5.41) is 9.16. The summed E-state index contributed by atoms with van der Waals surface area (Å²) in [5.41, 5.74) is 0.296. The minimum atomic E-state index is -4.08. The predicted molar refractivity (Wildman–Crippen MR) is 60.6 cm³/mol. The number of aliphatic carboxylic acids is 1. The molecule has 0 saturated carbocycles. The fourth-order valence-electron chi connectivity index (χ4n) is 1.76. The molecule has 1 fully saturated rings. The minimum Gasteiger partial charge on any atom is -0.480 e. The molecule has 1 saturated heterocycles. The van der Waals surface area contributed by atoms with Gasteiger partial charge in [0.25, 0.3) is 0 Å². The van der Waals surface area contributed by atoms with Crippen molar-refractivity contribution in [1.82, 2.24) is 9.03 Å². The Morgan fingerprint density at radius 1 is 1.33 bits per heavy atom. The van der Waals surface area contributed by atoms with Crippen molar-refractivity contribution in [2.24, 2.45) is 0 Å². The molecule has 1 unspecified atom stereocenters. The van der Waals surface area contributed by atoms with Gasteiger partial charge in [-0.25, -0.2) is 4.72 Å². The highest BCUT2D eigenvalue weighted by Gasteiger charge is 2.43. The van der Waals surface area contributed by atoms with Crippen molar-refractivity contribution < 1.29 is 23.1 Å². The first-order valence-corrected chi connectivity index (χ1v) is 6.46. The highest BCUT2D eigenvalue weighted by Crippen LogP contribution is 2.25. The fourth-order valence-corrected chi connectivity index (χ4v) is 3.00. The van der Waals surface area contributed by atoms with E-state index in [0.717, 1.165) is 0 Å². The van der Waals surface area contributed by atoms with Gasteiger partial charge < -0.3 is 5.11 Å². The second-order valence-corrected chi connectivity index (χ2v) is 5.35. The van der Waals surface area contributed by atoms with Gasteiger partial charge in [-0.15, -0.1) is 0 Å². The maximum atomic E-state index is 11.6. The number of carbonyl (C=O) groups excluding carboxylic acids is 1. The number of hydrogen-bond donors (Lipinski definition) is 2. The van der Waals surface area contributed by atoms with E-state index >= 15 is 0 Å². The molecule has 2 rings (SSSR count). The third-order valence-electron chi connectivity index (χ3n) is 2.49. The van der Waals surface area contributed by atoms with Gasteiger partial charge in [-0.05, 0) is 5.56 Å². The van der Waals surface area contributed by atoms with Crippen molar-refractivity contribution in [2.75, 3.05) is 6.54 Å². The van der Waals surface area contributed by atoms with Crippen LogP contribution in [0.5, 0.6) is 0 Å². The Labute approximate surface area is 103 Å². The first-order chi connectivity index (χ1) is 8.42. The molecule has 1 amide bonds. The molecule has 2 N–H and O–H groups in total. The second-order valence-electron chi connectivity index (χ2n) is 3.73. The van der Waals surface area contributed by atoms with Crippen LogP contribution in [0.1, 0.15) is 11.6 Å². The summed E-state index contributed by atoms with van der Waals surface area (Å²) in [6, 6.07) is 6.47. The molecule has 1 heterocycles. The van der Waals surface area contributed by atoms with E-state index in [0.29, 0.717) is 9.87 Å². The lowest BCUT2D eigenvalue weighted by Gasteiger charge is -2.21. The van der Waals surface area contributed by atoms with Gasteiger partial charge in [-0.2, -0.15) is 12.7 Å². The van der Waals surface area contributed by atoms with Crippen molar-refractivity contribution in [2.45, 2.75) is 6.04 Å². The number of carbonyl (C=O) groups is 2. The lowest BCUT2D eigenvalue weighted by Crippen LogP contribution is -2.37. The highest BCUT2D eigenvalue weighted by atomic mass is 32.2. The quantitative estimate of drug-likeness (QED) is 0.769. The van der Waals surface area contributed by atoms with E-state index in [4.69, 9.17) is 5.11 Å². The van der Waals surface area contributed by atoms with Crippen LogP contribution in [0.2, 0.25) is 0 Å². The molecule has 0 aromatic heterocycles. The van der Waals surface area contributed by atoms with Gasteiger partial charge in [0, 0.05) is 0 Å². The number of amides is 1. The third-order valence-corrected chi connectivity index (χ3v) is 3.93. The normalized spacial score (nSPS) is 20.3. The van der Waals surface area contributed by atoms with Crippen molar-refractivity contribution in [3.05, 3.63) is 35.9 Å². The Morgan fingerprint density at radius 3 is 2.39 bits per heavy atom. The average Bonchev–Trinajstić information content (AvgIpc) is 2.53. The van der Waals surface area contributed by atoms with Gasteiger partial charge in [0.05, 0.1) is 6.54 Å². The van der Waals surface area contributed by atoms with E-state index in [1.165, 1.54) is 12.1 Å². The standard InChI is InChI=1S/C10H10N2O5S/c13-8-6-12(18(16,17)11-8)9(10(14)15)7-4-2-1-3-5-7/h1-5,9H,6H2,(H,11,13)(H,14,15). The summed E-state index contributed by atoms with van der Waals surface area (Å²) in [4.78, 5) is 22.3. The van der Waals surface area contributed by atoms with E-state index in [-0.39, 0.29) is 0 Å². The van der Waals surface area contributed by atoms with Crippen molar-refractivity contribution in [3.8, 4) is 0 Å². The highest BCUT2D eigenvalue weighted by molar-refractivity contribution is 7.88. The number of nitrogens with one attached hydrogen (secondary N) is 1. The van der Waals surface area contributed by atoms with Gasteiger partial charge >= 0.3 is 16.2 Å². The smallest absolute Gasteiger partial charge is 0.326 e. The Kier molecular flexibility index (Phi) is 3.05.